The average molecular weight is 336 g/mol. The van der Waals surface area contributed by atoms with E-state index in [1.807, 2.05) is 0 Å². The molecule has 1 amide bonds. The van der Waals surface area contributed by atoms with E-state index >= 15 is 0 Å². The standard InChI is InChI=1S/C17H24N2O3S/c1-19-11-8-14(12-19)18-16(20)17(9-3-10-17)13-4-6-15(7-5-13)23(2,21)22/h4-7,14H,3,8-12H2,1-2H3,(H,18,20). The van der Waals surface area contributed by atoms with E-state index in [-0.39, 0.29) is 11.9 Å². The molecule has 0 radical (unpaired) electrons. The summed E-state index contributed by atoms with van der Waals surface area (Å²) in [5, 5.41) is 3.20. The monoisotopic (exact) mass is 336 g/mol. The van der Waals surface area contributed by atoms with Gasteiger partial charge in [-0.15, -0.1) is 0 Å². The number of carbonyl (C=O) groups is 1. The highest BCUT2D eigenvalue weighted by molar-refractivity contribution is 7.90. The molecular weight excluding hydrogens is 312 g/mol. The number of hydrogen-bond acceptors (Lipinski definition) is 4. The molecular formula is C17H24N2O3S. The van der Waals surface area contributed by atoms with Gasteiger partial charge < -0.3 is 10.2 Å². The zero-order valence-corrected chi connectivity index (χ0v) is 14.5. The largest absolute Gasteiger partial charge is 0.351 e. The van der Waals surface area contributed by atoms with Crippen LogP contribution < -0.4 is 5.32 Å². The van der Waals surface area contributed by atoms with Gasteiger partial charge in [0, 0.05) is 18.8 Å². The Labute approximate surface area is 138 Å². The molecule has 1 aliphatic carbocycles. The van der Waals surface area contributed by atoms with Gasteiger partial charge in [0.1, 0.15) is 0 Å². The molecule has 6 heteroatoms. The van der Waals surface area contributed by atoms with E-state index in [4.69, 9.17) is 0 Å². The molecule has 1 aliphatic heterocycles. The van der Waals surface area contributed by atoms with Crippen molar-refractivity contribution in [3.05, 3.63) is 29.8 Å². The maximum absolute atomic E-state index is 12.8. The van der Waals surface area contributed by atoms with Crippen LogP contribution in [0.2, 0.25) is 0 Å². The summed E-state index contributed by atoms with van der Waals surface area (Å²) in [7, 11) is -1.14. The lowest BCUT2D eigenvalue weighted by Crippen LogP contribution is -2.52. The van der Waals surface area contributed by atoms with E-state index in [1.165, 1.54) is 6.26 Å². The molecule has 1 unspecified atom stereocenters. The zero-order valence-electron chi connectivity index (χ0n) is 13.7. The Morgan fingerprint density at radius 1 is 1.26 bits per heavy atom. The first-order chi connectivity index (χ1) is 10.8. The summed E-state index contributed by atoms with van der Waals surface area (Å²) in [6.07, 6.45) is 4.89. The number of likely N-dealkylation sites (N-methyl/N-ethyl adjacent to an activating group) is 1. The summed E-state index contributed by atoms with van der Waals surface area (Å²) in [5.74, 6) is 0.0937. The van der Waals surface area contributed by atoms with E-state index < -0.39 is 15.3 Å². The van der Waals surface area contributed by atoms with Crippen molar-refractivity contribution in [3.63, 3.8) is 0 Å². The van der Waals surface area contributed by atoms with Crippen molar-refractivity contribution < 1.29 is 13.2 Å². The van der Waals surface area contributed by atoms with Crippen molar-refractivity contribution in [1.82, 2.24) is 10.2 Å². The molecule has 1 N–H and O–H groups in total. The molecule has 5 nitrogen and oxygen atoms in total. The molecule has 1 heterocycles. The number of carbonyl (C=O) groups excluding carboxylic acids is 1. The number of rotatable bonds is 4. The molecule has 0 aromatic heterocycles. The van der Waals surface area contributed by atoms with Gasteiger partial charge in [0.25, 0.3) is 0 Å². The first-order valence-corrected chi connectivity index (χ1v) is 10.0. The van der Waals surface area contributed by atoms with Gasteiger partial charge in [-0.3, -0.25) is 4.79 Å². The first kappa shape index (κ1) is 16.5. The number of hydrogen-bond donors (Lipinski definition) is 1. The molecule has 3 rings (SSSR count). The van der Waals surface area contributed by atoms with Gasteiger partial charge in [-0.1, -0.05) is 18.6 Å². The van der Waals surface area contributed by atoms with Gasteiger partial charge in [0.05, 0.1) is 10.3 Å². The molecule has 1 aromatic carbocycles. The van der Waals surface area contributed by atoms with Crippen molar-refractivity contribution in [2.45, 2.75) is 42.0 Å². The van der Waals surface area contributed by atoms with Crippen LogP contribution in [0.5, 0.6) is 0 Å². The quantitative estimate of drug-likeness (QED) is 0.901. The Kier molecular flexibility index (Phi) is 4.23. The molecule has 126 valence electrons. The minimum Gasteiger partial charge on any atom is -0.351 e. The van der Waals surface area contributed by atoms with E-state index in [0.29, 0.717) is 4.90 Å². The predicted molar refractivity (Wildman–Crippen MR) is 89.1 cm³/mol. The zero-order chi connectivity index (χ0) is 16.7. The summed E-state index contributed by atoms with van der Waals surface area (Å²) >= 11 is 0. The molecule has 2 fully saturated rings. The van der Waals surface area contributed by atoms with Gasteiger partial charge in [0.2, 0.25) is 5.91 Å². The third kappa shape index (κ3) is 3.15. The van der Waals surface area contributed by atoms with Gasteiger partial charge in [-0.2, -0.15) is 0 Å². The van der Waals surface area contributed by atoms with Crippen LogP contribution in [-0.2, 0) is 20.0 Å². The molecule has 0 bridgehead atoms. The highest BCUT2D eigenvalue weighted by Crippen LogP contribution is 2.44. The van der Waals surface area contributed by atoms with Crippen LogP contribution in [-0.4, -0.2) is 51.7 Å². The summed E-state index contributed by atoms with van der Waals surface area (Å²) < 4.78 is 23.2. The highest BCUT2D eigenvalue weighted by atomic mass is 32.2. The summed E-state index contributed by atoms with van der Waals surface area (Å²) in [5.41, 5.74) is 0.456. The lowest BCUT2D eigenvalue weighted by Gasteiger charge is -2.41. The Morgan fingerprint density at radius 2 is 1.91 bits per heavy atom. The van der Waals surface area contributed by atoms with E-state index in [9.17, 15) is 13.2 Å². The fourth-order valence-corrected chi connectivity index (χ4v) is 4.21. The average Bonchev–Trinajstić information content (AvgIpc) is 2.82. The number of nitrogens with one attached hydrogen (secondary N) is 1. The van der Waals surface area contributed by atoms with Crippen molar-refractivity contribution >= 4 is 15.7 Å². The smallest absolute Gasteiger partial charge is 0.230 e. The first-order valence-electron chi connectivity index (χ1n) is 8.11. The SMILES string of the molecule is CN1CCC(NC(=O)C2(c3ccc(S(C)(=O)=O)cc3)CCC2)C1. The molecule has 0 spiro atoms. The Morgan fingerprint density at radius 3 is 2.35 bits per heavy atom. The fourth-order valence-electron chi connectivity index (χ4n) is 3.57. The minimum absolute atomic E-state index is 0.0937. The van der Waals surface area contributed by atoms with Crippen molar-refractivity contribution in [1.29, 1.82) is 0 Å². The van der Waals surface area contributed by atoms with Crippen LogP contribution in [0.4, 0.5) is 0 Å². The third-order valence-electron chi connectivity index (χ3n) is 5.20. The van der Waals surface area contributed by atoms with Crippen molar-refractivity contribution in [3.8, 4) is 0 Å². The Hall–Kier alpha value is -1.40. The van der Waals surface area contributed by atoms with Crippen LogP contribution in [0.3, 0.4) is 0 Å². The molecule has 1 aromatic rings. The lowest BCUT2D eigenvalue weighted by molar-refractivity contribution is -0.130. The second kappa shape index (κ2) is 5.91. The van der Waals surface area contributed by atoms with Crippen LogP contribution in [0, 0.1) is 0 Å². The second-order valence-electron chi connectivity index (χ2n) is 6.95. The molecule has 1 saturated heterocycles. The summed E-state index contributed by atoms with van der Waals surface area (Å²) in [6.45, 7) is 1.91. The lowest BCUT2D eigenvalue weighted by atomic mass is 9.63. The fraction of sp³-hybridized carbons (Fsp3) is 0.588. The van der Waals surface area contributed by atoms with E-state index in [1.54, 1.807) is 24.3 Å². The van der Waals surface area contributed by atoms with Crippen LogP contribution in [0.25, 0.3) is 0 Å². The predicted octanol–water partition coefficient (Wildman–Crippen LogP) is 1.33. The third-order valence-corrected chi connectivity index (χ3v) is 6.33. The van der Waals surface area contributed by atoms with Gasteiger partial charge >= 0.3 is 0 Å². The minimum atomic E-state index is -3.20. The molecule has 23 heavy (non-hydrogen) atoms. The van der Waals surface area contributed by atoms with Crippen LogP contribution in [0.15, 0.2) is 29.2 Å². The highest BCUT2D eigenvalue weighted by Gasteiger charge is 2.46. The number of amides is 1. The topological polar surface area (TPSA) is 66.5 Å². The van der Waals surface area contributed by atoms with Gasteiger partial charge in [0.15, 0.2) is 9.84 Å². The maximum atomic E-state index is 12.8. The number of sulfone groups is 1. The van der Waals surface area contributed by atoms with Crippen molar-refractivity contribution in [2.24, 2.45) is 0 Å². The normalized spacial score (nSPS) is 24.2. The molecule has 1 atom stereocenters. The molecule has 1 saturated carbocycles. The van der Waals surface area contributed by atoms with E-state index in [0.717, 1.165) is 44.3 Å². The van der Waals surface area contributed by atoms with Crippen molar-refractivity contribution in [2.75, 3.05) is 26.4 Å². The summed E-state index contributed by atoms with van der Waals surface area (Å²) in [6, 6.07) is 7.05. The number of benzene rings is 1. The Balaban J connectivity index is 1.79. The maximum Gasteiger partial charge on any atom is 0.230 e. The molecule has 2 aliphatic rings. The number of nitrogens with zero attached hydrogens (tertiary/aromatic N) is 1. The van der Waals surface area contributed by atoms with Gasteiger partial charge in [-0.05, 0) is 50.6 Å². The van der Waals surface area contributed by atoms with Crippen LogP contribution >= 0.6 is 0 Å². The van der Waals surface area contributed by atoms with E-state index in [2.05, 4.69) is 17.3 Å². The Bertz CT molecular complexity index is 693. The second-order valence-corrected chi connectivity index (χ2v) is 8.97. The summed E-state index contributed by atoms with van der Waals surface area (Å²) in [4.78, 5) is 15.4. The number of likely N-dealkylation sites (tertiary alicyclic amines) is 1. The van der Waals surface area contributed by atoms with Gasteiger partial charge in [-0.25, -0.2) is 8.42 Å². The van der Waals surface area contributed by atoms with Crippen LogP contribution in [0.1, 0.15) is 31.2 Å².